The minimum absolute atomic E-state index is 0.383. The van der Waals surface area contributed by atoms with Crippen LogP contribution in [0.2, 0.25) is 0 Å². The Bertz CT molecular complexity index is 375. The molecule has 18 heavy (non-hydrogen) atoms. The van der Waals surface area contributed by atoms with Gasteiger partial charge in [0.05, 0.1) is 11.7 Å². The minimum atomic E-state index is 0.383. The van der Waals surface area contributed by atoms with Crippen LogP contribution in [0.15, 0.2) is 18.6 Å². The highest BCUT2D eigenvalue weighted by molar-refractivity contribution is 5.05. The molecule has 3 rings (SSSR count). The van der Waals surface area contributed by atoms with E-state index in [1.54, 1.807) is 12.4 Å². The van der Waals surface area contributed by atoms with Gasteiger partial charge in [0.15, 0.2) is 0 Å². The van der Waals surface area contributed by atoms with Crippen LogP contribution >= 0.6 is 0 Å². The lowest BCUT2D eigenvalue weighted by molar-refractivity contribution is 0.160. The van der Waals surface area contributed by atoms with Crippen LogP contribution in [-0.4, -0.2) is 40.0 Å². The molecule has 2 fully saturated rings. The first-order valence-electron chi connectivity index (χ1n) is 7.11. The maximum absolute atomic E-state index is 4.46. The van der Waals surface area contributed by atoms with E-state index in [9.17, 15) is 0 Å². The molecular formula is C14H22N4. The lowest BCUT2D eigenvalue weighted by Gasteiger charge is -2.33. The van der Waals surface area contributed by atoms with Gasteiger partial charge in [-0.25, -0.2) is 0 Å². The summed E-state index contributed by atoms with van der Waals surface area (Å²) < 4.78 is 0. The fourth-order valence-corrected chi connectivity index (χ4v) is 3.46. The van der Waals surface area contributed by atoms with Crippen molar-refractivity contribution in [3.8, 4) is 0 Å². The molecule has 98 valence electrons. The predicted molar refractivity (Wildman–Crippen MR) is 71.2 cm³/mol. The number of rotatable bonds is 3. The quantitative estimate of drug-likeness (QED) is 0.882. The highest BCUT2D eigenvalue weighted by Gasteiger charge is 2.36. The van der Waals surface area contributed by atoms with Gasteiger partial charge in [-0.3, -0.25) is 14.9 Å². The maximum atomic E-state index is 4.46. The van der Waals surface area contributed by atoms with Crippen molar-refractivity contribution in [3.05, 3.63) is 24.3 Å². The van der Waals surface area contributed by atoms with E-state index < -0.39 is 0 Å². The molecule has 0 spiro atoms. The van der Waals surface area contributed by atoms with Crippen molar-refractivity contribution in [1.29, 1.82) is 0 Å². The van der Waals surface area contributed by atoms with Crippen molar-refractivity contribution >= 4 is 0 Å². The Morgan fingerprint density at radius 1 is 1.33 bits per heavy atom. The molecule has 2 aliphatic heterocycles. The predicted octanol–water partition coefficient (Wildman–Crippen LogP) is 1.75. The standard InChI is InChI=1S/C14H22N4/c1-11(13-10-15-7-8-17-13)18-9-3-5-14(18)12-4-2-6-16-12/h7-8,10-12,14,16H,2-6,9H2,1H3. The van der Waals surface area contributed by atoms with Gasteiger partial charge in [-0.1, -0.05) is 0 Å². The van der Waals surface area contributed by atoms with Crippen molar-refractivity contribution in [1.82, 2.24) is 20.2 Å². The van der Waals surface area contributed by atoms with Gasteiger partial charge in [0, 0.05) is 30.7 Å². The number of hydrogen-bond donors (Lipinski definition) is 1. The SMILES string of the molecule is CC(c1cnccn1)N1CCCC1C1CCCN1. The molecule has 0 amide bonds. The third-order valence-electron chi connectivity index (χ3n) is 4.41. The largest absolute Gasteiger partial charge is 0.312 e. The third-order valence-corrected chi connectivity index (χ3v) is 4.41. The molecule has 0 bridgehead atoms. The summed E-state index contributed by atoms with van der Waals surface area (Å²) in [6, 6.07) is 1.75. The van der Waals surface area contributed by atoms with Gasteiger partial charge in [0.1, 0.15) is 0 Å². The molecule has 4 nitrogen and oxygen atoms in total. The molecular weight excluding hydrogens is 224 g/mol. The minimum Gasteiger partial charge on any atom is -0.312 e. The Kier molecular flexibility index (Phi) is 3.57. The number of aromatic nitrogens is 2. The highest BCUT2D eigenvalue weighted by atomic mass is 15.2. The molecule has 0 aromatic carbocycles. The van der Waals surface area contributed by atoms with Gasteiger partial charge < -0.3 is 5.32 Å². The van der Waals surface area contributed by atoms with E-state index in [2.05, 4.69) is 27.1 Å². The lowest BCUT2D eigenvalue weighted by Crippen LogP contribution is -2.44. The zero-order valence-corrected chi connectivity index (χ0v) is 11.0. The van der Waals surface area contributed by atoms with Crippen LogP contribution in [0, 0.1) is 0 Å². The molecule has 3 unspecified atom stereocenters. The topological polar surface area (TPSA) is 41.1 Å². The second kappa shape index (κ2) is 5.33. The van der Waals surface area contributed by atoms with Crippen LogP contribution in [0.5, 0.6) is 0 Å². The Morgan fingerprint density at radius 2 is 2.28 bits per heavy atom. The van der Waals surface area contributed by atoms with Gasteiger partial charge in [-0.05, 0) is 45.7 Å². The monoisotopic (exact) mass is 246 g/mol. The number of nitrogens with one attached hydrogen (secondary N) is 1. The fraction of sp³-hybridized carbons (Fsp3) is 0.714. The Morgan fingerprint density at radius 3 is 3.00 bits per heavy atom. The first kappa shape index (κ1) is 12.1. The molecule has 2 saturated heterocycles. The van der Waals surface area contributed by atoms with E-state index in [1.165, 1.54) is 38.8 Å². The molecule has 0 aliphatic carbocycles. The van der Waals surface area contributed by atoms with Crippen LogP contribution in [0.3, 0.4) is 0 Å². The van der Waals surface area contributed by atoms with Gasteiger partial charge in [0.2, 0.25) is 0 Å². The maximum Gasteiger partial charge on any atom is 0.0755 e. The summed E-state index contributed by atoms with van der Waals surface area (Å²) in [5, 5.41) is 3.66. The van der Waals surface area contributed by atoms with Gasteiger partial charge in [0.25, 0.3) is 0 Å². The summed E-state index contributed by atoms with van der Waals surface area (Å²) in [6.45, 7) is 4.65. The summed E-state index contributed by atoms with van der Waals surface area (Å²) in [4.78, 5) is 11.3. The van der Waals surface area contributed by atoms with Crippen molar-refractivity contribution < 1.29 is 0 Å². The first-order valence-corrected chi connectivity index (χ1v) is 7.11. The molecule has 1 aromatic rings. The average molecular weight is 246 g/mol. The van der Waals surface area contributed by atoms with E-state index in [1.807, 2.05) is 6.20 Å². The Labute approximate surface area is 109 Å². The Hall–Kier alpha value is -1.00. The molecule has 3 heterocycles. The van der Waals surface area contributed by atoms with Gasteiger partial charge in [-0.15, -0.1) is 0 Å². The molecule has 3 atom stereocenters. The second-order valence-electron chi connectivity index (χ2n) is 5.46. The van der Waals surface area contributed by atoms with Crippen molar-refractivity contribution in [2.24, 2.45) is 0 Å². The number of nitrogens with zero attached hydrogens (tertiary/aromatic N) is 3. The van der Waals surface area contributed by atoms with Crippen molar-refractivity contribution in [2.45, 2.75) is 50.7 Å². The summed E-state index contributed by atoms with van der Waals surface area (Å²) >= 11 is 0. The second-order valence-corrected chi connectivity index (χ2v) is 5.46. The van der Waals surface area contributed by atoms with Crippen molar-refractivity contribution in [2.75, 3.05) is 13.1 Å². The fourth-order valence-electron chi connectivity index (χ4n) is 3.46. The average Bonchev–Trinajstić information content (AvgIpc) is 3.09. The van der Waals surface area contributed by atoms with E-state index in [0.29, 0.717) is 18.1 Å². The van der Waals surface area contributed by atoms with Gasteiger partial charge in [-0.2, -0.15) is 0 Å². The summed E-state index contributed by atoms with van der Waals surface area (Å²) in [6.07, 6.45) is 10.7. The normalized spacial score (nSPS) is 30.7. The Balaban J connectivity index is 1.74. The van der Waals surface area contributed by atoms with E-state index in [4.69, 9.17) is 0 Å². The van der Waals surface area contributed by atoms with Crippen LogP contribution in [0.25, 0.3) is 0 Å². The van der Waals surface area contributed by atoms with Crippen molar-refractivity contribution in [3.63, 3.8) is 0 Å². The lowest BCUT2D eigenvalue weighted by atomic mass is 10.0. The zero-order chi connectivity index (χ0) is 12.4. The zero-order valence-electron chi connectivity index (χ0n) is 11.0. The third kappa shape index (κ3) is 2.27. The van der Waals surface area contributed by atoms with Crippen LogP contribution < -0.4 is 5.32 Å². The highest BCUT2D eigenvalue weighted by Crippen LogP contribution is 2.31. The summed E-state index contributed by atoms with van der Waals surface area (Å²) in [5.41, 5.74) is 1.10. The van der Waals surface area contributed by atoms with Crippen LogP contribution in [-0.2, 0) is 0 Å². The van der Waals surface area contributed by atoms with E-state index in [0.717, 1.165) is 5.69 Å². The van der Waals surface area contributed by atoms with Gasteiger partial charge >= 0.3 is 0 Å². The van der Waals surface area contributed by atoms with E-state index in [-0.39, 0.29) is 0 Å². The van der Waals surface area contributed by atoms with Crippen LogP contribution in [0.4, 0.5) is 0 Å². The molecule has 1 aromatic heterocycles. The van der Waals surface area contributed by atoms with Crippen LogP contribution in [0.1, 0.15) is 44.3 Å². The van der Waals surface area contributed by atoms with E-state index >= 15 is 0 Å². The summed E-state index contributed by atoms with van der Waals surface area (Å²) in [7, 11) is 0. The molecule has 0 saturated carbocycles. The molecule has 2 aliphatic rings. The molecule has 0 radical (unpaired) electrons. The summed E-state index contributed by atoms with van der Waals surface area (Å²) in [5.74, 6) is 0. The number of hydrogen-bond acceptors (Lipinski definition) is 4. The smallest absolute Gasteiger partial charge is 0.0755 e. The number of likely N-dealkylation sites (tertiary alicyclic amines) is 1. The molecule has 4 heteroatoms. The molecule has 1 N–H and O–H groups in total. The first-order chi connectivity index (χ1) is 8.86.